The fourth-order valence-electron chi connectivity index (χ4n) is 4.06. The second-order valence-electron chi connectivity index (χ2n) is 8.59. The summed E-state index contributed by atoms with van der Waals surface area (Å²) in [5, 5.41) is 11.8. The van der Waals surface area contributed by atoms with Crippen LogP contribution >= 0.6 is 0 Å². The van der Waals surface area contributed by atoms with Gasteiger partial charge in [0.15, 0.2) is 0 Å². The van der Waals surface area contributed by atoms with E-state index in [0.717, 1.165) is 22.3 Å². The molecule has 2 aromatic rings. The molecule has 1 atom stereocenters. The minimum Gasteiger partial charge on any atom is -0.480 e. The van der Waals surface area contributed by atoms with Crippen molar-refractivity contribution in [3.63, 3.8) is 0 Å². The Morgan fingerprint density at radius 3 is 2.12 bits per heavy atom. The highest BCUT2D eigenvalue weighted by molar-refractivity contribution is 5.82. The molecular weight excluding hydrogens is 422 g/mol. The van der Waals surface area contributed by atoms with E-state index < -0.39 is 18.1 Å². The average Bonchev–Trinajstić information content (AvgIpc) is 3.08. The number of amides is 2. The molecule has 0 saturated heterocycles. The molecule has 1 aliphatic rings. The van der Waals surface area contributed by atoms with Crippen LogP contribution in [-0.4, -0.2) is 79.3 Å². The minimum absolute atomic E-state index is 0.00902. The largest absolute Gasteiger partial charge is 0.480 e. The Balaban J connectivity index is 1.54. The summed E-state index contributed by atoms with van der Waals surface area (Å²) in [5.74, 6) is -1.44. The molecule has 0 spiro atoms. The number of likely N-dealkylation sites (N-methyl/N-ethyl adjacent to an activating group) is 1. The zero-order valence-corrected chi connectivity index (χ0v) is 19.3. The van der Waals surface area contributed by atoms with Crippen LogP contribution in [0.3, 0.4) is 0 Å². The third-order valence-corrected chi connectivity index (χ3v) is 5.68. The van der Waals surface area contributed by atoms with Gasteiger partial charge in [0, 0.05) is 31.5 Å². The highest BCUT2D eigenvalue weighted by atomic mass is 16.5. The predicted molar refractivity (Wildman–Crippen MR) is 125 cm³/mol. The topological polar surface area (TPSA) is 99.2 Å². The first-order chi connectivity index (χ1) is 15.8. The van der Waals surface area contributed by atoms with Crippen molar-refractivity contribution < 1.29 is 24.2 Å². The van der Waals surface area contributed by atoms with Gasteiger partial charge in [-0.2, -0.15) is 0 Å². The average molecular weight is 454 g/mol. The number of carbonyl (C=O) groups excluding carboxylic acids is 2. The monoisotopic (exact) mass is 453 g/mol. The zero-order valence-electron chi connectivity index (χ0n) is 19.3. The van der Waals surface area contributed by atoms with E-state index in [1.54, 1.807) is 6.92 Å². The van der Waals surface area contributed by atoms with E-state index in [4.69, 9.17) is 9.84 Å². The van der Waals surface area contributed by atoms with Crippen molar-refractivity contribution in [1.29, 1.82) is 0 Å². The number of aliphatic carboxylic acids is 1. The van der Waals surface area contributed by atoms with Crippen molar-refractivity contribution in [2.75, 3.05) is 40.3 Å². The molecule has 2 aromatic carbocycles. The number of alkyl carbamates (subject to hydrolysis) is 1. The van der Waals surface area contributed by atoms with Gasteiger partial charge in [0.25, 0.3) is 0 Å². The molecule has 0 heterocycles. The summed E-state index contributed by atoms with van der Waals surface area (Å²) in [6.45, 7) is 2.37. The van der Waals surface area contributed by atoms with Crippen LogP contribution in [-0.2, 0) is 14.3 Å². The number of carboxylic acid groups (broad SMARTS) is 1. The summed E-state index contributed by atoms with van der Waals surface area (Å²) in [6.07, 6.45) is -0.611. The number of carbonyl (C=O) groups is 3. The Kier molecular flexibility index (Phi) is 8.06. The first-order valence-corrected chi connectivity index (χ1v) is 11.0. The van der Waals surface area contributed by atoms with E-state index in [9.17, 15) is 14.4 Å². The Labute approximate surface area is 194 Å². The van der Waals surface area contributed by atoms with E-state index >= 15 is 0 Å². The Morgan fingerprint density at radius 2 is 1.58 bits per heavy atom. The maximum Gasteiger partial charge on any atom is 0.407 e. The standard InChI is InChI=1S/C25H31N3O5/c1-17(14-23(29)28(15-24(30)31)13-12-27(2)3)26-25(32)33-16-22-20-10-6-4-8-18(20)19-9-5-7-11-21(19)22/h4-11,17,22H,12-16H2,1-3H3,(H,26,32)(H,30,31). The second-order valence-corrected chi connectivity index (χ2v) is 8.59. The number of ether oxygens (including phenoxy) is 1. The molecule has 3 rings (SSSR count). The normalized spacial score (nSPS) is 13.2. The number of carboxylic acids is 1. The lowest BCUT2D eigenvalue weighted by Crippen LogP contribution is -2.43. The second kappa shape index (κ2) is 11.0. The molecule has 0 aliphatic heterocycles. The van der Waals surface area contributed by atoms with Gasteiger partial charge in [0.1, 0.15) is 13.2 Å². The predicted octanol–water partition coefficient (Wildman–Crippen LogP) is 2.78. The Bertz CT molecular complexity index is 962. The fourth-order valence-corrected chi connectivity index (χ4v) is 4.06. The molecule has 2 N–H and O–H groups in total. The third kappa shape index (κ3) is 6.32. The van der Waals surface area contributed by atoms with Gasteiger partial charge in [0.2, 0.25) is 5.91 Å². The fraction of sp³-hybridized carbons (Fsp3) is 0.400. The molecule has 0 fully saturated rings. The molecule has 176 valence electrons. The lowest BCUT2D eigenvalue weighted by atomic mass is 9.98. The first kappa shape index (κ1) is 24.3. The molecule has 8 heteroatoms. The lowest BCUT2D eigenvalue weighted by Gasteiger charge is -2.24. The van der Waals surface area contributed by atoms with E-state index in [1.165, 1.54) is 4.90 Å². The zero-order chi connectivity index (χ0) is 24.0. The van der Waals surface area contributed by atoms with Gasteiger partial charge in [-0.3, -0.25) is 9.59 Å². The van der Waals surface area contributed by atoms with Crippen LogP contribution in [0.5, 0.6) is 0 Å². The van der Waals surface area contributed by atoms with Gasteiger partial charge in [-0.1, -0.05) is 48.5 Å². The number of fused-ring (bicyclic) bond motifs is 3. The number of benzene rings is 2. The molecule has 8 nitrogen and oxygen atoms in total. The number of hydrogen-bond donors (Lipinski definition) is 2. The quantitative estimate of drug-likeness (QED) is 0.574. The molecule has 1 aliphatic carbocycles. The number of hydrogen-bond acceptors (Lipinski definition) is 5. The first-order valence-electron chi connectivity index (χ1n) is 11.0. The van der Waals surface area contributed by atoms with Gasteiger partial charge in [-0.25, -0.2) is 4.79 Å². The molecule has 0 radical (unpaired) electrons. The van der Waals surface area contributed by atoms with Crippen LogP contribution in [0, 0.1) is 0 Å². The number of nitrogens with one attached hydrogen (secondary N) is 1. The van der Waals surface area contributed by atoms with Crippen molar-refractivity contribution in [3.8, 4) is 11.1 Å². The van der Waals surface area contributed by atoms with Crippen molar-refractivity contribution in [3.05, 3.63) is 59.7 Å². The van der Waals surface area contributed by atoms with Crippen molar-refractivity contribution in [1.82, 2.24) is 15.1 Å². The van der Waals surface area contributed by atoms with Crippen LogP contribution < -0.4 is 5.32 Å². The molecular formula is C25H31N3O5. The van der Waals surface area contributed by atoms with E-state index in [1.807, 2.05) is 55.4 Å². The molecule has 1 unspecified atom stereocenters. The summed E-state index contributed by atoms with van der Waals surface area (Å²) in [6, 6.07) is 15.7. The highest BCUT2D eigenvalue weighted by Crippen LogP contribution is 2.44. The van der Waals surface area contributed by atoms with Gasteiger partial charge in [0.05, 0.1) is 0 Å². The van der Waals surface area contributed by atoms with Crippen molar-refractivity contribution >= 4 is 18.0 Å². The van der Waals surface area contributed by atoms with Crippen LogP contribution in [0.25, 0.3) is 11.1 Å². The van der Waals surface area contributed by atoms with Gasteiger partial charge in [-0.05, 0) is 43.3 Å². The Morgan fingerprint density at radius 1 is 1.00 bits per heavy atom. The molecule has 0 bridgehead atoms. The molecule has 0 saturated carbocycles. The SMILES string of the molecule is CC(CC(=O)N(CCN(C)C)CC(=O)O)NC(=O)OCC1c2ccccc2-c2ccccc21. The Hall–Kier alpha value is -3.39. The summed E-state index contributed by atoms with van der Waals surface area (Å²) in [5.41, 5.74) is 4.55. The third-order valence-electron chi connectivity index (χ3n) is 5.68. The molecule has 0 aromatic heterocycles. The molecule has 33 heavy (non-hydrogen) atoms. The number of nitrogens with zero attached hydrogens (tertiary/aromatic N) is 2. The highest BCUT2D eigenvalue weighted by Gasteiger charge is 2.29. The van der Waals surface area contributed by atoms with E-state index in [-0.39, 0.29) is 31.4 Å². The molecule has 2 amide bonds. The summed E-state index contributed by atoms with van der Waals surface area (Å²) < 4.78 is 5.52. The number of rotatable bonds is 10. The van der Waals surface area contributed by atoms with E-state index in [2.05, 4.69) is 17.4 Å². The summed E-state index contributed by atoms with van der Waals surface area (Å²) >= 11 is 0. The van der Waals surface area contributed by atoms with Gasteiger partial charge in [-0.15, -0.1) is 0 Å². The van der Waals surface area contributed by atoms with Crippen molar-refractivity contribution in [2.24, 2.45) is 0 Å². The minimum atomic E-state index is -1.07. The maximum absolute atomic E-state index is 12.6. The summed E-state index contributed by atoms with van der Waals surface area (Å²) in [7, 11) is 3.70. The van der Waals surface area contributed by atoms with Crippen molar-refractivity contribution in [2.45, 2.75) is 25.3 Å². The van der Waals surface area contributed by atoms with Gasteiger partial charge < -0.3 is 25.0 Å². The van der Waals surface area contributed by atoms with Crippen LogP contribution in [0.2, 0.25) is 0 Å². The van der Waals surface area contributed by atoms with E-state index in [0.29, 0.717) is 13.1 Å². The van der Waals surface area contributed by atoms with Crippen LogP contribution in [0.15, 0.2) is 48.5 Å². The van der Waals surface area contributed by atoms with Crippen LogP contribution in [0.4, 0.5) is 4.79 Å². The van der Waals surface area contributed by atoms with Crippen LogP contribution in [0.1, 0.15) is 30.4 Å². The van der Waals surface area contributed by atoms with Gasteiger partial charge >= 0.3 is 12.1 Å². The maximum atomic E-state index is 12.6. The smallest absolute Gasteiger partial charge is 0.407 e. The summed E-state index contributed by atoms with van der Waals surface area (Å²) in [4.78, 5) is 39.3. The lowest BCUT2D eigenvalue weighted by molar-refractivity contribution is -0.144.